The van der Waals surface area contributed by atoms with E-state index < -0.39 is 0 Å². The summed E-state index contributed by atoms with van der Waals surface area (Å²) in [6, 6.07) is 16.3. The fourth-order valence-electron chi connectivity index (χ4n) is 1.97. The zero-order valence-electron chi connectivity index (χ0n) is 11.9. The summed E-state index contributed by atoms with van der Waals surface area (Å²) < 4.78 is 6.42. The van der Waals surface area contributed by atoms with Crippen LogP contribution in [0.1, 0.15) is 5.01 Å². The zero-order chi connectivity index (χ0) is 16.2. The molecule has 114 valence electrons. The predicted molar refractivity (Wildman–Crippen MR) is 91.7 cm³/mol. The van der Waals surface area contributed by atoms with Gasteiger partial charge in [0.1, 0.15) is 29.0 Å². The second kappa shape index (κ2) is 6.69. The second-order valence-corrected chi connectivity index (χ2v) is 6.13. The van der Waals surface area contributed by atoms with Crippen LogP contribution in [0.2, 0.25) is 5.02 Å². The van der Waals surface area contributed by atoms with Crippen molar-refractivity contribution in [2.24, 2.45) is 0 Å². The van der Waals surface area contributed by atoms with Crippen LogP contribution in [0, 0.1) is 11.3 Å². The molecule has 1 N–H and O–H groups in total. The van der Waals surface area contributed by atoms with Crippen molar-refractivity contribution in [1.29, 1.82) is 5.26 Å². The normalized spacial score (nSPS) is 11.8. The number of aliphatic hydroxyl groups is 1. The maximum atomic E-state index is 10.2. The number of ether oxygens (including phenoxy) is 1. The number of aliphatic hydroxyl groups excluding tert-OH is 1. The van der Waals surface area contributed by atoms with Crippen molar-refractivity contribution in [3.63, 3.8) is 0 Å². The Morgan fingerprint density at radius 1 is 1.22 bits per heavy atom. The topological polar surface area (TPSA) is 66.1 Å². The third kappa shape index (κ3) is 3.45. The molecule has 1 aromatic heterocycles. The van der Waals surface area contributed by atoms with Gasteiger partial charge in [-0.2, -0.15) is 5.26 Å². The van der Waals surface area contributed by atoms with Crippen LogP contribution >= 0.6 is 22.9 Å². The van der Waals surface area contributed by atoms with E-state index in [0.717, 1.165) is 10.2 Å². The Bertz CT molecular complexity index is 877. The summed E-state index contributed by atoms with van der Waals surface area (Å²) in [5.74, 6) is 0.407. The third-order valence-electron chi connectivity index (χ3n) is 3.10. The molecule has 3 rings (SSSR count). The van der Waals surface area contributed by atoms with Crippen LogP contribution in [0.3, 0.4) is 0 Å². The first kappa shape index (κ1) is 15.3. The molecule has 2 aromatic carbocycles. The number of rotatable bonds is 4. The van der Waals surface area contributed by atoms with Gasteiger partial charge < -0.3 is 9.84 Å². The lowest BCUT2D eigenvalue weighted by molar-refractivity contribution is 0.273. The first-order valence-electron chi connectivity index (χ1n) is 6.74. The highest BCUT2D eigenvalue weighted by molar-refractivity contribution is 7.19. The number of allylic oxidation sites excluding steroid dienone is 1. The molecular weight excluding hydrogens is 332 g/mol. The van der Waals surface area contributed by atoms with E-state index >= 15 is 0 Å². The van der Waals surface area contributed by atoms with Crippen LogP contribution in [-0.4, -0.2) is 16.7 Å². The van der Waals surface area contributed by atoms with Crippen molar-refractivity contribution in [2.75, 3.05) is 6.61 Å². The summed E-state index contributed by atoms with van der Waals surface area (Å²) in [6.45, 7) is -0.111. The number of benzene rings is 2. The molecule has 0 spiro atoms. The van der Waals surface area contributed by atoms with Gasteiger partial charge >= 0.3 is 0 Å². The summed E-state index contributed by atoms with van der Waals surface area (Å²) in [4.78, 5) is 4.38. The summed E-state index contributed by atoms with van der Waals surface area (Å²) in [7, 11) is 0. The molecule has 0 bridgehead atoms. The Morgan fingerprint density at radius 2 is 1.96 bits per heavy atom. The fourth-order valence-corrected chi connectivity index (χ4v) is 3.08. The minimum Gasteiger partial charge on any atom is -0.507 e. The molecule has 0 fully saturated rings. The summed E-state index contributed by atoms with van der Waals surface area (Å²) in [5.41, 5.74) is 0.923. The van der Waals surface area contributed by atoms with E-state index in [2.05, 4.69) is 4.98 Å². The fraction of sp³-hybridized carbons (Fsp3) is 0.0588. The number of aromatic nitrogens is 1. The van der Waals surface area contributed by atoms with Crippen molar-refractivity contribution < 1.29 is 9.84 Å². The van der Waals surface area contributed by atoms with Crippen molar-refractivity contribution >= 4 is 38.7 Å². The molecule has 0 saturated carbocycles. The SMILES string of the molecule is N#CC(=C(O)COc1ccc(Cl)cc1)c1nc2ccccc2s1. The second-order valence-electron chi connectivity index (χ2n) is 4.66. The van der Waals surface area contributed by atoms with E-state index in [1.165, 1.54) is 11.3 Å². The molecule has 0 saturated heterocycles. The van der Waals surface area contributed by atoms with Crippen molar-refractivity contribution in [3.8, 4) is 11.8 Å². The molecule has 0 aliphatic rings. The van der Waals surface area contributed by atoms with E-state index in [1.807, 2.05) is 30.3 Å². The Morgan fingerprint density at radius 3 is 2.65 bits per heavy atom. The lowest BCUT2D eigenvalue weighted by atomic mass is 10.2. The number of fused-ring (bicyclic) bond motifs is 1. The van der Waals surface area contributed by atoms with Gasteiger partial charge in [-0.15, -0.1) is 11.3 Å². The standard InChI is InChI=1S/C17H11ClN2O2S/c18-11-5-7-12(8-6-11)22-10-15(21)13(9-19)17-20-14-3-1-2-4-16(14)23-17/h1-8,21H,10H2. The zero-order valence-corrected chi connectivity index (χ0v) is 13.4. The molecule has 0 amide bonds. The van der Waals surface area contributed by atoms with Gasteiger partial charge in [0, 0.05) is 5.02 Å². The molecule has 1 heterocycles. The lowest BCUT2D eigenvalue weighted by Gasteiger charge is -2.06. The van der Waals surface area contributed by atoms with Crippen LogP contribution in [0.25, 0.3) is 15.8 Å². The van der Waals surface area contributed by atoms with Gasteiger partial charge in [0.25, 0.3) is 0 Å². The largest absolute Gasteiger partial charge is 0.507 e. The summed E-state index contributed by atoms with van der Waals surface area (Å²) in [5, 5.41) is 20.6. The molecule has 0 radical (unpaired) electrons. The predicted octanol–water partition coefficient (Wildman–Crippen LogP) is 4.82. The van der Waals surface area contributed by atoms with E-state index in [9.17, 15) is 10.4 Å². The molecule has 6 heteroatoms. The molecule has 23 heavy (non-hydrogen) atoms. The Labute approximate surface area is 141 Å². The van der Waals surface area contributed by atoms with E-state index in [-0.39, 0.29) is 17.9 Å². The molecule has 0 aliphatic heterocycles. The summed E-state index contributed by atoms with van der Waals surface area (Å²) >= 11 is 7.16. The number of nitriles is 1. The average molecular weight is 343 g/mol. The van der Waals surface area contributed by atoms with Crippen LogP contribution < -0.4 is 4.74 Å². The lowest BCUT2D eigenvalue weighted by Crippen LogP contribution is -2.03. The molecule has 0 unspecified atom stereocenters. The van der Waals surface area contributed by atoms with Crippen LogP contribution in [0.15, 0.2) is 54.3 Å². The van der Waals surface area contributed by atoms with Gasteiger partial charge in [-0.3, -0.25) is 0 Å². The van der Waals surface area contributed by atoms with Gasteiger partial charge in [-0.1, -0.05) is 23.7 Å². The first-order valence-corrected chi connectivity index (χ1v) is 7.93. The van der Waals surface area contributed by atoms with Crippen LogP contribution in [0.5, 0.6) is 5.75 Å². The first-order chi connectivity index (χ1) is 11.2. The highest BCUT2D eigenvalue weighted by Crippen LogP contribution is 2.28. The monoisotopic (exact) mass is 342 g/mol. The van der Waals surface area contributed by atoms with Gasteiger partial charge in [0.15, 0.2) is 5.76 Å². The minimum atomic E-state index is -0.151. The van der Waals surface area contributed by atoms with Crippen molar-refractivity contribution in [1.82, 2.24) is 4.98 Å². The Kier molecular flexibility index (Phi) is 4.47. The maximum absolute atomic E-state index is 10.2. The summed E-state index contributed by atoms with van der Waals surface area (Å²) in [6.07, 6.45) is 0. The highest BCUT2D eigenvalue weighted by Gasteiger charge is 2.14. The molecular formula is C17H11ClN2O2S. The Balaban J connectivity index is 1.84. The van der Waals surface area contributed by atoms with E-state index in [1.54, 1.807) is 24.3 Å². The van der Waals surface area contributed by atoms with E-state index in [0.29, 0.717) is 15.8 Å². The molecule has 4 nitrogen and oxygen atoms in total. The van der Waals surface area contributed by atoms with Crippen molar-refractivity contribution in [2.45, 2.75) is 0 Å². The number of thiazole rings is 1. The van der Waals surface area contributed by atoms with Gasteiger partial charge in [-0.05, 0) is 36.4 Å². The smallest absolute Gasteiger partial charge is 0.151 e. The maximum Gasteiger partial charge on any atom is 0.151 e. The van der Waals surface area contributed by atoms with E-state index in [4.69, 9.17) is 16.3 Å². The quantitative estimate of drug-likeness (QED) is 0.545. The average Bonchev–Trinajstić information content (AvgIpc) is 2.98. The number of nitrogens with zero attached hydrogens (tertiary/aromatic N) is 2. The molecule has 3 aromatic rings. The third-order valence-corrected chi connectivity index (χ3v) is 4.40. The number of halogens is 1. The number of hydrogen-bond donors (Lipinski definition) is 1. The number of para-hydroxylation sites is 1. The number of hydrogen-bond acceptors (Lipinski definition) is 5. The van der Waals surface area contributed by atoms with Crippen LogP contribution in [-0.2, 0) is 0 Å². The Hall–Kier alpha value is -2.55. The highest BCUT2D eigenvalue weighted by atomic mass is 35.5. The van der Waals surface area contributed by atoms with Gasteiger partial charge in [0.2, 0.25) is 0 Å². The van der Waals surface area contributed by atoms with Crippen LogP contribution in [0.4, 0.5) is 0 Å². The van der Waals surface area contributed by atoms with Crippen molar-refractivity contribution in [3.05, 3.63) is 64.3 Å². The molecule has 0 aliphatic carbocycles. The van der Waals surface area contributed by atoms with Gasteiger partial charge in [-0.25, -0.2) is 4.98 Å². The molecule has 0 atom stereocenters. The minimum absolute atomic E-state index is 0.111. The van der Waals surface area contributed by atoms with Gasteiger partial charge in [0.05, 0.1) is 10.2 Å².